The summed E-state index contributed by atoms with van der Waals surface area (Å²) in [5.41, 5.74) is 4.24. The van der Waals surface area contributed by atoms with Gasteiger partial charge in [0, 0.05) is 11.4 Å². The van der Waals surface area contributed by atoms with E-state index in [4.69, 9.17) is 0 Å². The molecule has 0 saturated carbocycles. The van der Waals surface area contributed by atoms with Crippen molar-refractivity contribution in [2.24, 2.45) is 0 Å². The van der Waals surface area contributed by atoms with Gasteiger partial charge in [-0.2, -0.15) is 0 Å². The van der Waals surface area contributed by atoms with Crippen LogP contribution in [0, 0.1) is 13.8 Å². The van der Waals surface area contributed by atoms with Crippen molar-refractivity contribution < 1.29 is 4.79 Å². The normalized spacial score (nSPS) is 10.2. The van der Waals surface area contributed by atoms with Gasteiger partial charge in [-0.3, -0.25) is 4.79 Å². The summed E-state index contributed by atoms with van der Waals surface area (Å²) in [6.07, 6.45) is 0. The van der Waals surface area contributed by atoms with Crippen molar-refractivity contribution in [3.63, 3.8) is 0 Å². The molecule has 5 heteroatoms. The first-order chi connectivity index (χ1) is 11.6. The molecule has 0 atom stereocenters. The van der Waals surface area contributed by atoms with E-state index >= 15 is 0 Å². The first-order valence-corrected chi connectivity index (χ1v) is 7.66. The first-order valence-electron chi connectivity index (χ1n) is 7.66. The van der Waals surface area contributed by atoms with Crippen molar-refractivity contribution in [3.05, 3.63) is 77.5 Å². The molecular weight excluding hydrogens is 300 g/mol. The fraction of sp³-hybridized carbons (Fsp3) is 0.105. The maximum atomic E-state index is 12.2. The van der Waals surface area contributed by atoms with Gasteiger partial charge in [0.1, 0.15) is 0 Å². The van der Waals surface area contributed by atoms with Crippen molar-refractivity contribution >= 4 is 23.1 Å². The predicted molar refractivity (Wildman–Crippen MR) is 95.6 cm³/mol. The Hall–Kier alpha value is -3.21. The van der Waals surface area contributed by atoms with E-state index in [2.05, 4.69) is 20.8 Å². The van der Waals surface area contributed by atoms with Gasteiger partial charge in [-0.15, -0.1) is 10.2 Å². The molecule has 0 saturated heterocycles. The number of benzene rings is 2. The molecule has 0 fully saturated rings. The van der Waals surface area contributed by atoms with E-state index in [-0.39, 0.29) is 11.6 Å². The Balaban J connectivity index is 1.68. The molecule has 2 aromatic carbocycles. The maximum absolute atomic E-state index is 12.2. The Bertz CT molecular complexity index is 845. The summed E-state index contributed by atoms with van der Waals surface area (Å²) in [4.78, 5) is 12.2. The van der Waals surface area contributed by atoms with Crippen LogP contribution in [0.25, 0.3) is 0 Å². The summed E-state index contributed by atoms with van der Waals surface area (Å²) in [6.45, 7) is 4.04. The summed E-state index contributed by atoms with van der Waals surface area (Å²) in [7, 11) is 0. The highest BCUT2D eigenvalue weighted by Gasteiger charge is 2.09. The fourth-order valence-corrected chi connectivity index (χ4v) is 2.20. The molecule has 0 aliphatic rings. The lowest BCUT2D eigenvalue weighted by Crippen LogP contribution is -2.14. The third kappa shape index (κ3) is 3.76. The number of nitrogens with one attached hydrogen (secondary N) is 2. The van der Waals surface area contributed by atoms with Crippen LogP contribution in [0.3, 0.4) is 0 Å². The van der Waals surface area contributed by atoms with Gasteiger partial charge >= 0.3 is 0 Å². The molecule has 0 spiro atoms. The second-order valence-electron chi connectivity index (χ2n) is 5.55. The first kappa shape index (κ1) is 15.7. The van der Waals surface area contributed by atoms with E-state index in [9.17, 15) is 4.79 Å². The second kappa shape index (κ2) is 6.91. The van der Waals surface area contributed by atoms with E-state index in [1.165, 1.54) is 5.56 Å². The van der Waals surface area contributed by atoms with Gasteiger partial charge in [0.2, 0.25) is 0 Å². The van der Waals surface area contributed by atoms with Crippen LogP contribution in [-0.4, -0.2) is 16.1 Å². The lowest BCUT2D eigenvalue weighted by molar-refractivity contribution is 0.102. The van der Waals surface area contributed by atoms with Gasteiger partial charge in [-0.25, -0.2) is 0 Å². The number of aryl methyl sites for hydroxylation is 2. The van der Waals surface area contributed by atoms with Gasteiger partial charge in [0.25, 0.3) is 5.91 Å². The predicted octanol–water partition coefficient (Wildman–Crippen LogP) is 4.09. The molecule has 0 bridgehead atoms. The van der Waals surface area contributed by atoms with Crippen molar-refractivity contribution in [3.8, 4) is 0 Å². The highest BCUT2D eigenvalue weighted by atomic mass is 16.1. The van der Waals surface area contributed by atoms with E-state index in [0.717, 1.165) is 16.9 Å². The van der Waals surface area contributed by atoms with Crippen molar-refractivity contribution in [1.82, 2.24) is 10.2 Å². The minimum Gasteiger partial charge on any atom is -0.339 e. The molecule has 0 unspecified atom stereocenters. The molecule has 1 heterocycles. The Morgan fingerprint density at radius 1 is 0.833 bits per heavy atom. The van der Waals surface area contributed by atoms with Gasteiger partial charge in [-0.1, -0.05) is 24.3 Å². The molecule has 3 rings (SSSR count). The second-order valence-corrected chi connectivity index (χ2v) is 5.55. The molecule has 24 heavy (non-hydrogen) atoms. The number of amides is 1. The van der Waals surface area contributed by atoms with E-state index in [1.807, 2.05) is 62.4 Å². The Morgan fingerprint density at radius 2 is 1.62 bits per heavy atom. The Kier molecular flexibility index (Phi) is 4.52. The van der Waals surface area contributed by atoms with E-state index in [0.29, 0.717) is 5.82 Å². The molecule has 3 aromatic rings. The van der Waals surface area contributed by atoms with Crippen molar-refractivity contribution in [1.29, 1.82) is 0 Å². The molecule has 5 nitrogen and oxygen atoms in total. The smallest absolute Gasteiger partial charge is 0.276 e. The number of aromatic nitrogens is 2. The average Bonchev–Trinajstić information content (AvgIpc) is 2.60. The largest absolute Gasteiger partial charge is 0.339 e. The number of rotatable bonds is 4. The van der Waals surface area contributed by atoms with Crippen LogP contribution in [0.15, 0.2) is 60.7 Å². The number of nitrogens with zero attached hydrogens (tertiary/aromatic N) is 2. The zero-order valence-corrected chi connectivity index (χ0v) is 13.6. The molecular formula is C19H18N4O. The van der Waals surface area contributed by atoms with Gasteiger partial charge in [-0.05, 0) is 61.4 Å². The van der Waals surface area contributed by atoms with Crippen molar-refractivity contribution in [2.45, 2.75) is 13.8 Å². The van der Waals surface area contributed by atoms with Crippen molar-refractivity contribution in [2.75, 3.05) is 10.6 Å². The summed E-state index contributed by atoms with van der Waals surface area (Å²) in [5, 5.41) is 14.0. The molecule has 0 aliphatic carbocycles. The zero-order valence-electron chi connectivity index (χ0n) is 13.6. The lowest BCUT2D eigenvalue weighted by atomic mass is 10.1. The third-order valence-corrected chi connectivity index (χ3v) is 3.71. The van der Waals surface area contributed by atoms with Crippen LogP contribution in [0.4, 0.5) is 17.2 Å². The number of carbonyl (C=O) groups excluding carboxylic acids is 1. The molecule has 1 aromatic heterocycles. The van der Waals surface area contributed by atoms with Crippen LogP contribution in [0.1, 0.15) is 21.6 Å². The number of hydrogen-bond donors (Lipinski definition) is 2. The number of carbonyl (C=O) groups is 1. The highest BCUT2D eigenvalue weighted by Crippen LogP contribution is 2.16. The minimum absolute atomic E-state index is 0.270. The monoisotopic (exact) mass is 318 g/mol. The molecule has 2 N–H and O–H groups in total. The highest BCUT2D eigenvalue weighted by molar-refractivity contribution is 6.02. The molecule has 0 aliphatic heterocycles. The average molecular weight is 318 g/mol. The zero-order chi connectivity index (χ0) is 16.9. The van der Waals surface area contributed by atoms with Crippen LogP contribution >= 0.6 is 0 Å². The Morgan fingerprint density at radius 3 is 2.29 bits per heavy atom. The fourth-order valence-electron chi connectivity index (χ4n) is 2.20. The summed E-state index contributed by atoms with van der Waals surface area (Å²) in [6, 6.07) is 18.8. The van der Waals surface area contributed by atoms with Gasteiger partial charge in [0.15, 0.2) is 11.5 Å². The standard InChI is InChI=1S/C19H18N4O/c1-13-8-9-16(12-14(13)2)21-19(24)17-10-11-18(23-22-17)20-15-6-4-3-5-7-15/h3-12H,1-2H3,(H,20,23)(H,21,24). The quantitative estimate of drug-likeness (QED) is 0.760. The van der Waals surface area contributed by atoms with Crippen LogP contribution in [0.5, 0.6) is 0 Å². The third-order valence-electron chi connectivity index (χ3n) is 3.71. The lowest BCUT2D eigenvalue weighted by Gasteiger charge is -2.08. The topological polar surface area (TPSA) is 66.9 Å². The molecule has 1 amide bonds. The number of anilines is 3. The number of para-hydroxylation sites is 1. The summed E-state index contributed by atoms with van der Waals surface area (Å²) < 4.78 is 0. The van der Waals surface area contributed by atoms with Crippen LogP contribution in [0.2, 0.25) is 0 Å². The van der Waals surface area contributed by atoms with Crippen LogP contribution < -0.4 is 10.6 Å². The van der Waals surface area contributed by atoms with Gasteiger partial charge < -0.3 is 10.6 Å². The summed E-state index contributed by atoms with van der Waals surface area (Å²) >= 11 is 0. The molecule has 0 radical (unpaired) electrons. The number of hydrogen-bond acceptors (Lipinski definition) is 4. The Labute approximate surface area is 140 Å². The summed E-state index contributed by atoms with van der Waals surface area (Å²) in [5.74, 6) is 0.306. The van der Waals surface area contributed by atoms with Gasteiger partial charge in [0.05, 0.1) is 0 Å². The molecule has 120 valence electrons. The SMILES string of the molecule is Cc1ccc(NC(=O)c2ccc(Nc3ccccc3)nn2)cc1C. The van der Waals surface area contributed by atoms with E-state index < -0.39 is 0 Å². The van der Waals surface area contributed by atoms with Crippen LogP contribution in [-0.2, 0) is 0 Å². The maximum Gasteiger partial charge on any atom is 0.276 e. The minimum atomic E-state index is -0.281. The van der Waals surface area contributed by atoms with E-state index in [1.54, 1.807) is 12.1 Å².